The minimum atomic E-state index is -0.373. The zero-order valence-corrected chi connectivity index (χ0v) is 21.1. The Morgan fingerprint density at radius 2 is 1.88 bits per heavy atom. The second-order valence-electron chi connectivity index (χ2n) is 12.2. The SMILES string of the molecule is COc1ccc(C[C@]2(CCC(=O)N3C[C@@]4(C)C[C@@H]3CC(C)(C)C4)CCC(=O)N2)c2ccccc12. The Bertz CT molecular complexity index is 1130. The van der Waals surface area contributed by atoms with Gasteiger partial charge in [0.05, 0.1) is 7.11 Å². The van der Waals surface area contributed by atoms with Gasteiger partial charge in [0.2, 0.25) is 11.8 Å². The number of hydrogen-bond donors (Lipinski definition) is 1. The first kappa shape index (κ1) is 23.2. The number of methoxy groups -OCH3 is 1. The van der Waals surface area contributed by atoms with Crippen molar-refractivity contribution in [2.24, 2.45) is 10.8 Å². The number of amides is 2. The topological polar surface area (TPSA) is 58.6 Å². The normalized spacial score (nSPS) is 29.9. The summed E-state index contributed by atoms with van der Waals surface area (Å²) in [4.78, 5) is 28.0. The van der Waals surface area contributed by atoms with E-state index in [4.69, 9.17) is 4.74 Å². The van der Waals surface area contributed by atoms with E-state index in [0.717, 1.165) is 48.8 Å². The zero-order chi connectivity index (χ0) is 24.1. The molecule has 5 heteroatoms. The van der Waals surface area contributed by atoms with Gasteiger partial charge in [-0.3, -0.25) is 9.59 Å². The molecule has 2 saturated heterocycles. The molecule has 2 aliphatic heterocycles. The molecule has 182 valence electrons. The van der Waals surface area contributed by atoms with Gasteiger partial charge in [-0.05, 0) is 66.4 Å². The number of fused-ring (bicyclic) bond motifs is 3. The van der Waals surface area contributed by atoms with Crippen molar-refractivity contribution in [3.8, 4) is 5.75 Å². The second-order valence-corrected chi connectivity index (χ2v) is 12.2. The molecule has 2 heterocycles. The maximum absolute atomic E-state index is 13.5. The molecule has 1 N–H and O–H groups in total. The van der Waals surface area contributed by atoms with Crippen molar-refractivity contribution >= 4 is 22.6 Å². The van der Waals surface area contributed by atoms with Gasteiger partial charge in [-0.1, -0.05) is 51.1 Å². The molecule has 3 atom stereocenters. The molecule has 1 saturated carbocycles. The number of hydrogen-bond acceptors (Lipinski definition) is 3. The fraction of sp³-hybridized carbons (Fsp3) is 0.586. The third-order valence-electron chi connectivity index (χ3n) is 8.51. The highest BCUT2D eigenvalue weighted by atomic mass is 16.5. The molecule has 3 fully saturated rings. The number of carbonyl (C=O) groups excluding carboxylic acids is 2. The summed E-state index contributed by atoms with van der Waals surface area (Å²) in [6, 6.07) is 12.8. The van der Waals surface area contributed by atoms with Crippen LogP contribution in [0.25, 0.3) is 10.8 Å². The van der Waals surface area contributed by atoms with E-state index < -0.39 is 0 Å². The van der Waals surface area contributed by atoms with Crippen molar-refractivity contribution in [2.75, 3.05) is 13.7 Å². The Labute approximate surface area is 203 Å². The van der Waals surface area contributed by atoms with Gasteiger partial charge in [0.1, 0.15) is 5.75 Å². The number of nitrogens with one attached hydrogen (secondary N) is 1. The van der Waals surface area contributed by atoms with Crippen molar-refractivity contribution in [2.45, 2.75) is 83.7 Å². The van der Waals surface area contributed by atoms with Crippen LogP contribution in [0.2, 0.25) is 0 Å². The van der Waals surface area contributed by atoms with E-state index in [-0.39, 0.29) is 22.8 Å². The predicted molar refractivity (Wildman–Crippen MR) is 135 cm³/mol. The number of likely N-dealkylation sites (tertiary alicyclic amines) is 1. The molecule has 0 aromatic heterocycles. The monoisotopic (exact) mass is 462 g/mol. The van der Waals surface area contributed by atoms with E-state index in [1.807, 2.05) is 18.2 Å². The third-order valence-corrected chi connectivity index (χ3v) is 8.51. The highest BCUT2D eigenvalue weighted by Gasteiger charge is 2.51. The van der Waals surface area contributed by atoms with Gasteiger partial charge >= 0.3 is 0 Å². The second kappa shape index (κ2) is 8.28. The van der Waals surface area contributed by atoms with Crippen molar-refractivity contribution in [1.82, 2.24) is 10.2 Å². The molecule has 2 aromatic rings. The van der Waals surface area contributed by atoms with Crippen LogP contribution in [0.15, 0.2) is 36.4 Å². The van der Waals surface area contributed by atoms with E-state index >= 15 is 0 Å². The van der Waals surface area contributed by atoms with Gasteiger partial charge in [0, 0.05) is 36.4 Å². The first-order chi connectivity index (χ1) is 16.1. The maximum atomic E-state index is 13.5. The summed E-state index contributed by atoms with van der Waals surface area (Å²) < 4.78 is 5.57. The lowest BCUT2D eigenvalue weighted by Crippen LogP contribution is -2.45. The van der Waals surface area contributed by atoms with Gasteiger partial charge < -0.3 is 15.0 Å². The highest BCUT2D eigenvalue weighted by Crippen LogP contribution is 2.52. The summed E-state index contributed by atoms with van der Waals surface area (Å²) in [5.41, 5.74) is 1.35. The average molecular weight is 463 g/mol. The van der Waals surface area contributed by atoms with E-state index in [0.29, 0.717) is 30.7 Å². The minimum absolute atomic E-state index is 0.0940. The van der Waals surface area contributed by atoms with Crippen LogP contribution < -0.4 is 10.1 Å². The Kier molecular flexibility index (Phi) is 5.65. The molecular formula is C29H38N2O3. The van der Waals surface area contributed by atoms with Gasteiger partial charge in [-0.15, -0.1) is 0 Å². The van der Waals surface area contributed by atoms with Gasteiger partial charge in [-0.25, -0.2) is 0 Å². The van der Waals surface area contributed by atoms with Crippen LogP contribution in [0.3, 0.4) is 0 Å². The van der Waals surface area contributed by atoms with E-state index in [9.17, 15) is 9.59 Å². The minimum Gasteiger partial charge on any atom is -0.496 e. The number of ether oxygens (including phenoxy) is 1. The Morgan fingerprint density at radius 1 is 1.12 bits per heavy atom. The molecule has 0 spiro atoms. The molecule has 1 aliphatic carbocycles. The Hall–Kier alpha value is -2.56. The Balaban J connectivity index is 1.35. The summed E-state index contributed by atoms with van der Waals surface area (Å²) in [5, 5.41) is 5.51. The van der Waals surface area contributed by atoms with Crippen LogP contribution in [0, 0.1) is 10.8 Å². The van der Waals surface area contributed by atoms with Crippen molar-refractivity contribution in [1.29, 1.82) is 0 Å². The summed E-state index contributed by atoms with van der Waals surface area (Å²) in [6.45, 7) is 7.91. The van der Waals surface area contributed by atoms with Crippen molar-refractivity contribution < 1.29 is 14.3 Å². The van der Waals surface area contributed by atoms with Crippen LogP contribution in [0.1, 0.15) is 71.3 Å². The first-order valence-corrected chi connectivity index (χ1v) is 12.8. The number of benzene rings is 2. The highest BCUT2D eigenvalue weighted by molar-refractivity contribution is 5.91. The lowest BCUT2D eigenvalue weighted by molar-refractivity contribution is -0.133. The quantitative estimate of drug-likeness (QED) is 0.638. The zero-order valence-electron chi connectivity index (χ0n) is 21.1. The number of carbonyl (C=O) groups is 2. The van der Waals surface area contributed by atoms with Crippen LogP contribution in [-0.4, -0.2) is 41.9 Å². The summed E-state index contributed by atoms with van der Waals surface area (Å²) >= 11 is 0. The lowest BCUT2D eigenvalue weighted by atomic mass is 9.65. The molecular weight excluding hydrogens is 424 g/mol. The van der Waals surface area contributed by atoms with E-state index in [2.05, 4.69) is 49.2 Å². The summed E-state index contributed by atoms with van der Waals surface area (Å²) in [5.74, 6) is 1.21. The fourth-order valence-electron chi connectivity index (χ4n) is 7.45. The maximum Gasteiger partial charge on any atom is 0.222 e. The van der Waals surface area contributed by atoms with Crippen LogP contribution in [0.4, 0.5) is 0 Å². The molecule has 3 aliphatic rings. The van der Waals surface area contributed by atoms with Crippen molar-refractivity contribution in [3.63, 3.8) is 0 Å². The largest absolute Gasteiger partial charge is 0.496 e. The smallest absolute Gasteiger partial charge is 0.222 e. The fourth-order valence-corrected chi connectivity index (χ4v) is 7.45. The number of rotatable bonds is 6. The van der Waals surface area contributed by atoms with Crippen LogP contribution in [-0.2, 0) is 16.0 Å². The Morgan fingerprint density at radius 3 is 2.59 bits per heavy atom. The van der Waals surface area contributed by atoms with E-state index in [1.165, 1.54) is 12.0 Å². The van der Waals surface area contributed by atoms with Gasteiger partial charge in [0.15, 0.2) is 0 Å². The molecule has 0 radical (unpaired) electrons. The molecule has 2 amide bonds. The molecule has 2 bridgehead atoms. The lowest BCUT2D eigenvalue weighted by Gasteiger charge is -2.39. The predicted octanol–water partition coefficient (Wildman–Crippen LogP) is 5.25. The summed E-state index contributed by atoms with van der Waals surface area (Å²) in [6.07, 6.45) is 6.60. The van der Waals surface area contributed by atoms with Crippen LogP contribution >= 0.6 is 0 Å². The molecule has 34 heavy (non-hydrogen) atoms. The average Bonchev–Trinajstić information content (AvgIpc) is 3.27. The molecule has 5 nitrogen and oxygen atoms in total. The first-order valence-electron chi connectivity index (χ1n) is 12.8. The molecule has 5 rings (SSSR count). The number of nitrogens with zero attached hydrogens (tertiary/aromatic N) is 1. The van der Waals surface area contributed by atoms with Gasteiger partial charge in [0.25, 0.3) is 0 Å². The molecule has 2 aromatic carbocycles. The molecule has 0 unspecified atom stereocenters. The standard InChI is InChI=1S/C29H38N2O3/c1-27(2)16-21-17-28(3,18-27)19-31(21)26(33)12-14-29(13-11-25(32)30-29)15-20-9-10-24(34-4)23-8-6-5-7-22(20)23/h5-10,21H,11-19H2,1-4H3,(H,30,32)/t21-,28-,29+/m0/s1. The van der Waals surface area contributed by atoms with Crippen LogP contribution in [0.5, 0.6) is 5.75 Å². The van der Waals surface area contributed by atoms with E-state index in [1.54, 1.807) is 7.11 Å². The summed E-state index contributed by atoms with van der Waals surface area (Å²) in [7, 11) is 1.69. The third kappa shape index (κ3) is 4.30. The van der Waals surface area contributed by atoms with Gasteiger partial charge in [-0.2, -0.15) is 0 Å². The van der Waals surface area contributed by atoms with Crippen molar-refractivity contribution in [3.05, 3.63) is 42.0 Å².